The van der Waals surface area contributed by atoms with E-state index in [-0.39, 0.29) is 35.2 Å². The van der Waals surface area contributed by atoms with Crippen LogP contribution in [-0.4, -0.2) is 49.8 Å². The standard InChI is InChI=1S/C39H47BrO8/c1-20-15-17-36(5)22(3)27(19-29(41)38(20,36)34(44)46-7)26-13-14-28(48-33(43)24-9-11-25(40)12-10-24)30-23(4)37(6)18-16-21(2)39(37,35(45)47-8)32(42)31(26)30/h9-12,19-23,26,28H,13-18H2,1-8H3. The van der Waals surface area contributed by atoms with Gasteiger partial charge in [-0.1, -0.05) is 63.0 Å². The fraction of sp³-hybridized carbons (Fsp3) is 0.615. The number of Topliss-reactive ketones (excluding diaryl/α,β-unsaturated/α-hetero) is 1. The second kappa shape index (κ2) is 11.8. The summed E-state index contributed by atoms with van der Waals surface area (Å²) >= 11 is 3.42. The highest BCUT2D eigenvalue weighted by molar-refractivity contribution is 9.10. The third-order valence-corrected chi connectivity index (χ3v) is 14.6. The molecule has 0 aromatic heterocycles. The van der Waals surface area contributed by atoms with Crippen LogP contribution in [-0.2, 0) is 33.4 Å². The summed E-state index contributed by atoms with van der Waals surface area (Å²) in [7, 11) is 2.67. The van der Waals surface area contributed by atoms with Crippen LogP contribution in [0.1, 0.15) is 90.4 Å². The molecule has 0 spiro atoms. The summed E-state index contributed by atoms with van der Waals surface area (Å²) in [5.41, 5.74) is -1.80. The Kier molecular flexibility index (Phi) is 8.53. The molecule has 8 nitrogen and oxygen atoms in total. The van der Waals surface area contributed by atoms with Gasteiger partial charge in [0.1, 0.15) is 16.9 Å². The van der Waals surface area contributed by atoms with E-state index in [2.05, 4.69) is 22.9 Å². The van der Waals surface area contributed by atoms with Crippen molar-refractivity contribution in [2.24, 2.45) is 51.2 Å². The monoisotopic (exact) mass is 722 g/mol. The number of ether oxygens (including phenoxy) is 3. The fourth-order valence-electron chi connectivity index (χ4n) is 11.2. The SMILES string of the molecule is COC(=O)C12C(=O)C=C(C3CCC(OC(=O)c4ccc(Br)cc4)C4=C3C(=O)C3(C(=O)OC)C(C)CCC3(C)C4C)C(C)C1(C)CCC2C. The molecular weight excluding hydrogens is 676 g/mol. The number of rotatable bonds is 5. The van der Waals surface area contributed by atoms with E-state index in [1.165, 1.54) is 14.2 Å². The summed E-state index contributed by atoms with van der Waals surface area (Å²) in [6.45, 7) is 12.0. The molecule has 1 aromatic carbocycles. The van der Waals surface area contributed by atoms with Crippen LogP contribution in [0, 0.1) is 51.2 Å². The van der Waals surface area contributed by atoms with Gasteiger partial charge in [0.2, 0.25) is 0 Å². The summed E-state index contributed by atoms with van der Waals surface area (Å²) in [6.07, 6.45) is 4.50. The molecule has 0 aliphatic heterocycles. The second-order valence-electron chi connectivity index (χ2n) is 15.5. The smallest absolute Gasteiger partial charge is 0.338 e. The lowest BCUT2D eigenvalue weighted by Gasteiger charge is -2.56. The first-order valence-corrected chi connectivity index (χ1v) is 18.1. The molecule has 258 valence electrons. The number of methoxy groups -OCH3 is 2. The Morgan fingerprint density at radius 3 is 1.90 bits per heavy atom. The topological polar surface area (TPSA) is 113 Å². The van der Waals surface area contributed by atoms with Crippen molar-refractivity contribution in [3.8, 4) is 0 Å². The summed E-state index contributed by atoms with van der Waals surface area (Å²) in [6, 6.07) is 6.96. The molecule has 0 heterocycles. The summed E-state index contributed by atoms with van der Waals surface area (Å²) < 4.78 is 17.9. The number of hydrogen-bond acceptors (Lipinski definition) is 8. The van der Waals surface area contributed by atoms with Gasteiger partial charge in [-0.05, 0) is 109 Å². The molecule has 0 saturated heterocycles. The van der Waals surface area contributed by atoms with Crippen LogP contribution in [0.2, 0.25) is 0 Å². The zero-order chi connectivity index (χ0) is 35.1. The van der Waals surface area contributed by atoms with Crippen LogP contribution in [0.25, 0.3) is 0 Å². The van der Waals surface area contributed by atoms with Crippen molar-refractivity contribution >= 4 is 45.4 Å². The van der Waals surface area contributed by atoms with E-state index in [4.69, 9.17) is 14.2 Å². The molecule has 2 fully saturated rings. The number of fused-ring (bicyclic) bond motifs is 2. The maximum absolute atomic E-state index is 15.4. The molecule has 0 amide bonds. The van der Waals surface area contributed by atoms with Crippen molar-refractivity contribution in [3.63, 3.8) is 0 Å². The number of hydrogen-bond donors (Lipinski definition) is 0. The molecule has 6 rings (SSSR count). The normalized spacial score (nSPS) is 40.4. The number of allylic oxidation sites excluding steroid dienone is 3. The van der Waals surface area contributed by atoms with Crippen molar-refractivity contribution < 1.29 is 38.2 Å². The lowest BCUT2D eigenvalue weighted by atomic mass is 9.46. The van der Waals surface area contributed by atoms with Gasteiger partial charge in [0.15, 0.2) is 11.6 Å². The minimum absolute atomic E-state index is 0.204. The Bertz CT molecular complexity index is 1660. The lowest BCUT2D eigenvalue weighted by Crippen LogP contribution is -2.61. The number of benzene rings is 1. The van der Waals surface area contributed by atoms with Crippen LogP contribution in [0.15, 0.2) is 51.5 Å². The zero-order valence-electron chi connectivity index (χ0n) is 29.2. The van der Waals surface area contributed by atoms with E-state index in [0.29, 0.717) is 49.7 Å². The fourth-order valence-corrected chi connectivity index (χ4v) is 11.5. The molecule has 10 unspecified atom stereocenters. The van der Waals surface area contributed by atoms with Gasteiger partial charge in [-0.25, -0.2) is 4.79 Å². The van der Waals surface area contributed by atoms with Crippen LogP contribution >= 0.6 is 15.9 Å². The molecule has 10 atom stereocenters. The molecule has 2 saturated carbocycles. The van der Waals surface area contributed by atoms with Crippen molar-refractivity contribution in [2.75, 3.05) is 14.2 Å². The molecular formula is C39H47BrO8. The molecule has 0 bridgehead atoms. The highest BCUT2D eigenvalue weighted by Crippen LogP contribution is 2.70. The maximum atomic E-state index is 15.4. The number of ketones is 2. The van der Waals surface area contributed by atoms with Crippen LogP contribution in [0.4, 0.5) is 0 Å². The maximum Gasteiger partial charge on any atom is 0.338 e. The molecule has 0 radical (unpaired) electrons. The van der Waals surface area contributed by atoms with E-state index in [9.17, 15) is 19.2 Å². The average molecular weight is 724 g/mol. The lowest BCUT2D eigenvalue weighted by molar-refractivity contribution is -0.173. The van der Waals surface area contributed by atoms with Gasteiger partial charge in [-0.15, -0.1) is 0 Å². The Morgan fingerprint density at radius 2 is 1.31 bits per heavy atom. The van der Waals surface area contributed by atoms with Crippen molar-refractivity contribution in [1.29, 1.82) is 0 Å². The largest absolute Gasteiger partial charge is 0.468 e. The Morgan fingerprint density at radius 1 is 0.771 bits per heavy atom. The Hall–Kier alpha value is -3.07. The highest BCUT2D eigenvalue weighted by Gasteiger charge is 2.73. The molecule has 9 heteroatoms. The average Bonchev–Trinajstić information content (AvgIpc) is 3.52. The number of carbonyl (C=O) groups is 5. The first-order chi connectivity index (χ1) is 22.6. The van der Waals surface area contributed by atoms with Crippen molar-refractivity contribution in [2.45, 2.75) is 86.2 Å². The van der Waals surface area contributed by atoms with E-state index in [1.54, 1.807) is 30.3 Å². The van der Waals surface area contributed by atoms with Crippen LogP contribution in [0.5, 0.6) is 0 Å². The number of carbonyl (C=O) groups excluding carboxylic acids is 5. The van der Waals surface area contributed by atoms with Gasteiger partial charge in [-0.3, -0.25) is 19.2 Å². The van der Waals surface area contributed by atoms with Crippen LogP contribution in [0.3, 0.4) is 0 Å². The van der Waals surface area contributed by atoms with Crippen LogP contribution < -0.4 is 0 Å². The van der Waals surface area contributed by atoms with Gasteiger partial charge in [0, 0.05) is 16.0 Å². The summed E-state index contributed by atoms with van der Waals surface area (Å²) in [4.78, 5) is 70.9. The predicted molar refractivity (Wildman–Crippen MR) is 181 cm³/mol. The number of esters is 3. The van der Waals surface area contributed by atoms with E-state index in [1.807, 2.05) is 34.6 Å². The molecule has 5 aliphatic rings. The van der Waals surface area contributed by atoms with E-state index < -0.39 is 51.6 Å². The van der Waals surface area contributed by atoms with E-state index >= 15 is 4.79 Å². The first-order valence-electron chi connectivity index (χ1n) is 17.3. The third kappa shape index (κ3) is 4.21. The summed E-state index contributed by atoms with van der Waals surface area (Å²) in [5.74, 6) is -3.59. The quantitative estimate of drug-likeness (QED) is 0.178. The molecule has 48 heavy (non-hydrogen) atoms. The zero-order valence-corrected chi connectivity index (χ0v) is 30.8. The van der Waals surface area contributed by atoms with Gasteiger partial charge in [0.25, 0.3) is 0 Å². The summed E-state index contributed by atoms with van der Waals surface area (Å²) in [5, 5.41) is 0. The minimum atomic E-state index is -1.42. The van der Waals surface area contributed by atoms with Gasteiger partial charge in [0.05, 0.1) is 19.8 Å². The Balaban J connectivity index is 1.55. The third-order valence-electron chi connectivity index (χ3n) is 14.1. The number of halogens is 1. The molecule has 5 aliphatic carbocycles. The van der Waals surface area contributed by atoms with Crippen molar-refractivity contribution in [3.05, 3.63) is 57.1 Å². The van der Waals surface area contributed by atoms with Gasteiger partial charge >= 0.3 is 17.9 Å². The van der Waals surface area contributed by atoms with Gasteiger partial charge in [-0.2, -0.15) is 0 Å². The van der Waals surface area contributed by atoms with E-state index in [0.717, 1.165) is 15.6 Å². The highest BCUT2D eigenvalue weighted by atomic mass is 79.9. The Labute approximate surface area is 291 Å². The second-order valence-corrected chi connectivity index (χ2v) is 16.4. The first kappa shape index (κ1) is 34.8. The van der Waals surface area contributed by atoms with Gasteiger partial charge < -0.3 is 14.2 Å². The molecule has 0 N–H and O–H groups in total. The van der Waals surface area contributed by atoms with Crippen molar-refractivity contribution in [1.82, 2.24) is 0 Å². The molecule has 1 aromatic rings. The minimum Gasteiger partial charge on any atom is -0.468 e. The predicted octanol–water partition coefficient (Wildman–Crippen LogP) is 7.24.